The molecule has 1 atom stereocenters. The number of nitrogens with zero attached hydrogens (tertiary/aromatic N) is 1. The Morgan fingerprint density at radius 1 is 0.935 bits per heavy atom. The summed E-state index contributed by atoms with van der Waals surface area (Å²) in [6.45, 7) is 1.60. The Labute approximate surface area is 176 Å². The van der Waals surface area contributed by atoms with Gasteiger partial charge in [-0.1, -0.05) is 30.3 Å². The van der Waals surface area contributed by atoms with Crippen LogP contribution < -0.4 is 10.9 Å². The van der Waals surface area contributed by atoms with E-state index in [0.717, 1.165) is 6.07 Å². The first-order chi connectivity index (χ1) is 14.9. The van der Waals surface area contributed by atoms with E-state index in [0.29, 0.717) is 22.2 Å². The van der Waals surface area contributed by atoms with Crippen LogP contribution in [0.25, 0.3) is 16.5 Å². The molecule has 0 saturated carbocycles. The second-order valence-electron chi connectivity index (χ2n) is 7.05. The number of rotatable bonds is 4. The van der Waals surface area contributed by atoms with Gasteiger partial charge in [-0.3, -0.25) is 14.2 Å². The van der Waals surface area contributed by atoms with Crippen LogP contribution in [0.4, 0.5) is 8.78 Å². The minimum atomic E-state index is -1.45. The van der Waals surface area contributed by atoms with Gasteiger partial charge >= 0.3 is 0 Å². The number of amides is 1. The maximum absolute atomic E-state index is 13.5. The van der Waals surface area contributed by atoms with E-state index >= 15 is 0 Å². The molecule has 0 spiro atoms. The van der Waals surface area contributed by atoms with Crippen molar-refractivity contribution in [3.63, 3.8) is 0 Å². The summed E-state index contributed by atoms with van der Waals surface area (Å²) in [5.74, 6) is -1.63. The van der Waals surface area contributed by atoms with Crippen LogP contribution in [0, 0.1) is 18.6 Å². The predicted molar refractivity (Wildman–Crippen MR) is 113 cm³/mol. The first-order valence-electron chi connectivity index (χ1n) is 9.51. The zero-order valence-electron chi connectivity index (χ0n) is 16.5. The lowest BCUT2D eigenvalue weighted by atomic mass is 10.0. The summed E-state index contributed by atoms with van der Waals surface area (Å²) < 4.78 is 28.2. The van der Waals surface area contributed by atoms with E-state index in [1.807, 2.05) is 0 Å². The number of carbonyl (C=O) groups excluding carboxylic acids is 1. The van der Waals surface area contributed by atoms with Gasteiger partial charge in [-0.05, 0) is 49.4 Å². The van der Waals surface area contributed by atoms with Gasteiger partial charge in [-0.15, -0.1) is 0 Å². The molecule has 0 fully saturated rings. The lowest BCUT2D eigenvalue weighted by molar-refractivity contribution is 0.0783. The summed E-state index contributed by atoms with van der Waals surface area (Å²) >= 11 is 0. The van der Waals surface area contributed by atoms with Crippen molar-refractivity contribution in [2.24, 2.45) is 0 Å². The summed E-state index contributed by atoms with van der Waals surface area (Å²) in [6, 6.07) is 17.2. The second-order valence-corrected chi connectivity index (χ2v) is 7.05. The Bertz CT molecular complexity index is 1350. The summed E-state index contributed by atoms with van der Waals surface area (Å²) in [7, 11) is 0. The fraction of sp³-hybridized carbons (Fsp3) is 0.0833. The van der Waals surface area contributed by atoms with Crippen molar-refractivity contribution in [2.75, 3.05) is 0 Å². The topological polar surface area (TPSA) is 71.3 Å². The van der Waals surface area contributed by atoms with E-state index in [4.69, 9.17) is 0 Å². The molecule has 1 aromatic heterocycles. The molecule has 0 unspecified atom stereocenters. The number of aliphatic hydroxyl groups excluding tert-OH is 1. The lowest BCUT2D eigenvalue weighted by Crippen LogP contribution is -2.32. The monoisotopic (exact) mass is 420 g/mol. The van der Waals surface area contributed by atoms with Crippen molar-refractivity contribution in [1.29, 1.82) is 0 Å². The van der Waals surface area contributed by atoms with Gasteiger partial charge in [0.25, 0.3) is 11.5 Å². The molecule has 0 saturated heterocycles. The molecule has 0 aliphatic rings. The quantitative estimate of drug-likeness (QED) is 0.491. The van der Waals surface area contributed by atoms with E-state index in [1.165, 1.54) is 47.0 Å². The van der Waals surface area contributed by atoms with E-state index in [1.54, 1.807) is 31.2 Å². The van der Waals surface area contributed by atoms with Gasteiger partial charge in [0.15, 0.2) is 6.23 Å². The second kappa shape index (κ2) is 8.12. The molecule has 0 aliphatic heterocycles. The fourth-order valence-corrected chi connectivity index (χ4v) is 3.61. The van der Waals surface area contributed by atoms with E-state index in [-0.39, 0.29) is 16.7 Å². The molecule has 7 heteroatoms. The van der Waals surface area contributed by atoms with Crippen LogP contribution >= 0.6 is 0 Å². The highest BCUT2D eigenvalue weighted by Gasteiger charge is 2.22. The summed E-state index contributed by atoms with van der Waals surface area (Å²) in [6.07, 6.45) is -1.45. The number of hydrogen-bond donors (Lipinski definition) is 2. The average molecular weight is 420 g/mol. The van der Waals surface area contributed by atoms with Gasteiger partial charge in [-0.25, -0.2) is 8.78 Å². The van der Waals surface area contributed by atoms with Crippen LogP contribution in [-0.2, 0) is 0 Å². The molecule has 1 amide bonds. The Kier molecular flexibility index (Phi) is 5.35. The first-order valence-corrected chi connectivity index (χ1v) is 9.51. The van der Waals surface area contributed by atoms with Crippen molar-refractivity contribution in [1.82, 2.24) is 9.88 Å². The molecule has 0 bridgehead atoms. The standard InChI is InChI=1S/C24H18F2N2O3/c1-14-21(23(30)27-22(29)15-5-4-6-17(26)13-15)19-7-2-3-8-20(19)24(31)28(14)18-11-9-16(25)10-12-18/h2-13,22,29H,1H3,(H,27,30)/t22-/m0/s1. The normalized spacial score (nSPS) is 12.0. The maximum Gasteiger partial charge on any atom is 0.263 e. The van der Waals surface area contributed by atoms with Gasteiger partial charge < -0.3 is 10.4 Å². The average Bonchev–Trinajstić information content (AvgIpc) is 2.75. The SMILES string of the molecule is Cc1c(C(=O)N[C@@H](O)c2cccc(F)c2)c2ccccc2c(=O)n1-c1ccc(F)cc1. The third kappa shape index (κ3) is 3.83. The number of fused-ring (bicyclic) bond motifs is 1. The van der Waals surface area contributed by atoms with Gasteiger partial charge in [0, 0.05) is 27.7 Å². The number of hydrogen-bond acceptors (Lipinski definition) is 3. The number of benzene rings is 3. The molecule has 156 valence electrons. The number of carbonyl (C=O) groups is 1. The Hall–Kier alpha value is -3.84. The van der Waals surface area contributed by atoms with Crippen molar-refractivity contribution in [3.05, 3.63) is 112 Å². The molecule has 2 N–H and O–H groups in total. The van der Waals surface area contributed by atoms with Crippen LogP contribution in [0.2, 0.25) is 0 Å². The van der Waals surface area contributed by atoms with E-state index in [9.17, 15) is 23.5 Å². The molecule has 4 aromatic rings. The van der Waals surface area contributed by atoms with Crippen LogP contribution in [0.1, 0.15) is 27.8 Å². The molecular weight excluding hydrogens is 402 g/mol. The zero-order chi connectivity index (χ0) is 22.1. The number of aromatic nitrogens is 1. The van der Waals surface area contributed by atoms with Gasteiger partial charge in [0.2, 0.25) is 0 Å². The van der Waals surface area contributed by atoms with Crippen molar-refractivity contribution < 1.29 is 18.7 Å². The number of halogens is 2. The van der Waals surface area contributed by atoms with Crippen LogP contribution in [0.3, 0.4) is 0 Å². The van der Waals surface area contributed by atoms with Crippen LogP contribution in [0.15, 0.2) is 77.6 Å². The highest BCUT2D eigenvalue weighted by atomic mass is 19.1. The van der Waals surface area contributed by atoms with Crippen LogP contribution in [-0.4, -0.2) is 15.6 Å². The summed E-state index contributed by atoms with van der Waals surface area (Å²) in [4.78, 5) is 26.3. The lowest BCUT2D eigenvalue weighted by Gasteiger charge is -2.19. The number of pyridine rings is 1. The largest absolute Gasteiger partial charge is 0.369 e. The van der Waals surface area contributed by atoms with Gasteiger partial charge in [0.05, 0.1) is 5.56 Å². The summed E-state index contributed by atoms with van der Waals surface area (Å²) in [5.41, 5.74) is 0.715. The molecule has 3 aromatic carbocycles. The third-order valence-electron chi connectivity index (χ3n) is 5.07. The fourth-order valence-electron chi connectivity index (χ4n) is 3.61. The Morgan fingerprint density at radius 3 is 2.29 bits per heavy atom. The smallest absolute Gasteiger partial charge is 0.263 e. The number of aliphatic hydroxyl groups is 1. The molecular formula is C24H18F2N2O3. The Balaban J connectivity index is 1.86. The van der Waals surface area contributed by atoms with E-state index < -0.39 is 23.8 Å². The molecule has 0 radical (unpaired) electrons. The highest BCUT2D eigenvalue weighted by Crippen LogP contribution is 2.23. The minimum absolute atomic E-state index is 0.176. The molecule has 0 aliphatic carbocycles. The minimum Gasteiger partial charge on any atom is -0.369 e. The van der Waals surface area contributed by atoms with Gasteiger partial charge in [-0.2, -0.15) is 0 Å². The number of nitrogens with one attached hydrogen (secondary N) is 1. The van der Waals surface area contributed by atoms with Crippen molar-refractivity contribution >= 4 is 16.7 Å². The van der Waals surface area contributed by atoms with Gasteiger partial charge in [0.1, 0.15) is 11.6 Å². The molecule has 4 rings (SSSR count). The van der Waals surface area contributed by atoms with Crippen molar-refractivity contribution in [3.8, 4) is 5.69 Å². The Morgan fingerprint density at radius 2 is 1.61 bits per heavy atom. The first kappa shape index (κ1) is 20.4. The predicted octanol–water partition coefficient (Wildman–Crippen LogP) is 4.00. The van der Waals surface area contributed by atoms with E-state index in [2.05, 4.69) is 5.32 Å². The maximum atomic E-state index is 13.5. The third-order valence-corrected chi connectivity index (χ3v) is 5.07. The highest BCUT2D eigenvalue weighted by molar-refractivity contribution is 6.08. The summed E-state index contributed by atoms with van der Waals surface area (Å²) in [5, 5.41) is 13.6. The van der Waals surface area contributed by atoms with Crippen LogP contribution in [0.5, 0.6) is 0 Å². The molecule has 31 heavy (non-hydrogen) atoms. The zero-order valence-corrected chi connectivity index (χ0v) is 16.5. The van der Waals surface area contributed by atoms with Crippen molar-refractivity contribution in [2.45, 2.75) is 13.2 Å². The molecule has 1 heterocycles. The molecule has 5 nitrogen and oxygen atoms in total.